The Kier molecular flexibility index (Phi) is 7.02. The zero-order valence-corrected chi connectivity index (χ0v) is 21.2. The lowest BCUT2D eigenvalue weighted by molar-refractivity contribution is 0.0322. The second kappa shape index (κ2) is 9.67. The molecule has 4 rings (SSSR count). The van der Waals surface area contributed by atoms with Crippen LogP contribution in [0.5, 0.6) is 0 Å². The highest BCUT2D eigenvalue weighted by Crippen LogP contribution is 2.40. The number of aromatic nitrogens is 1. The third-order valence-corrected chi connectivity index (χ3v) is 7.42. The Hall–Kier alpha value is -2.44. The highest BCUT2D eigenvalue weighted by atomic mass is 35.5. The van der Waals surface area contributed by atoms with Gasteiger partial charge in [0.05, 0.1) is 15.6 Å². The van der Waals surface area contributed by atoms with Crippen molar-refractivity contribution >= 4 is 41.1 Å². The van der Waals surface area contributed by atoms with Crippen molar-refractivity contribution in [2.24, 2.45) is 4.99 Å². The Labute approximate surface area is 210 Å². The first-order valence-electron chi connectivity index (χ1n) is 11.4. The number of piperidine rings is 1. The Bertz CT molecular complexity index is 1130. The van der Waals surface area contributed by atoms with Gasteiger partial charge in [-0.25, -0.2) is 9.37 Å². The van der Waals surface area contributed by atoms with E-state index in [1.54, 1.807) is 29.3 Å². The molecule has 0 N–H and O–H groups in total. The standard InChI is InChI=1S/C26H29Cl2FN4O/c1-18-5-8-23(32(2)3)31-22(18)16-26(9-4-12-30-26)17-25(29)10-13-33(14-11-25)24(34)19-6-7-20(27)21(28)15-19/h4-9,12,15H,10-11,13-14,16-17H2,1-3H3. The number of rotatable bonds is 6. The average molecular weight is 503 g/mol. The molecule has 1 aromatic heterocycles. The van der Waals surface area contributed by atoms with Crippen molar-refractivity contribution in [3.63, 3.8) is 0 Å². The predicted octanol–water partition coefficient (Wildman–Crippen LogP) is 5.72. The minimum Gasteiger partial charge on any atom is -0.363 e. The van der Waals surface area contributed by atoms with Crippen molar-refractivity contribution in [3.8, 4) is 0 Å². The number of carbonyl (C=O) groups excluding carboxylic acids is 1. The number of nitrogens with zero attached hydrogens (tertiary/aromatic N) is 4. The van der Waals surface area contributed by atoms with Crippen molar-refractivity contribution in [1.82, 2.24) is 9.88 Å². The Morgan fingerprint density at radius 2 is 1.88 bits per heavy atom. The van der Waals surface area contributed by atoms with Gasteiger partial charge in [0.2, 0.25) is 0 Å². The summed E-state index contributed by atoms with van der Waals surface area (Å²) in [5.74, 6) is 0.709. The first-order chi connectivity index (χ1) is 16.1. The maximum Gasteiger partial charge on any atom is 0.253 e. The van der Waals surface area contributed by atoms with Crippen LogP contribution in [0.4, 0.5) is 10.2 Å². The number of aryl methyl sites for hydroxylation is 1. The molecule has 0 spiro atoms. The number of alkyl halides is 1. The van der Waals surface area contributed by atoms with Crippen molar-refractivity contribution < 1.29 is 9.18 Å². The van der Waals surface area contributed by atoms with Crippen molar-refractivity contribution in [2.75, 3.05) is 32.1 Å². The van der Waals surface area contributed by atoms with Gasteiger partial charge in [-0.05, 0) is 55.7 Å². The molecule has 2 aliphatic rings. The van der Waals surface area contributed by atoms with E-state index in [-0.39, 0.29) is 25.2 Å². The van der Waals surface area contributed by atoms with Crippen molar-refractivity contribution in [2.45, 2.75) is 43.8 Å². The molecule has 2 aromatic rings. The lowest BCUT2D eigenvalue weighted by Crippen LogP contribution is -2.48. The lowest BCUT2D eigenvalue weighted by Gasteiger charge is -2.40. The van der Waals surface area contributed by atoms with E-state index in [0.29, 0.717) is 35.1 Å². The van der Waals surface area contributed by atoms with Crippen LogP contribution >= 0.6 is 23.2 Å². The molecule has 0 bridgehead atoms. The van der Waals surface area contributed by atoms with Gasteiger partial charge in [0.25, 0.3) is 5.91 Å². The van der Waals surface area contributed by atoms with Gasteiger partial charge < -0.3 is 9.80 Å². The first-order valence-corrected chi connectivity index (χ1v) is 12.2. The number of halogens is 3. The summed E-state index contributed by atoms with van der Waals surface area (Å²) in [6.07, 6.45) is 6.94. The third kappa shape index (κ3) is 5.28. The number of aliphatic imine (C=N–C) groups is 1. The summed E-state index contributed by atoms with van der Waals surface area (Å²) >= 11 is 12.0. The quantitative estimate of drug-likeness (QED) is 0.507. The fraction of sp³-hybridized carbons (Fsp3) is 0.423. The number of hydrogen-bond acceptors (Lipinski definition) is 4. The number of anilines is 1. The van der Waals surface area contributed by atoms with Gasteiger partial charge >= 0.3 is 0 Å². The smallest absolute Gasteiger partial charge is 0.253 e. The van der Waals surface area contributed by atoms with Crippen LogP contribution in [0.2, 0.25) is 10.0 Å². The van der Waals surface area contributed by atoms with Crippen LogP contribution in [-0.2, 0) is 6.42 Å². The summed E-state index contributed by atoms with van der Waals surface area (Å²) < 4.78 is 16.1. The van der Waals surface area contributed by atoms with Crippen LogP contribution in [0.25, 0.3) is 0 Å². The number of hydrogen-bond donors (Lipinski definition) is 0. The number of carbonyl (C=O) groups is 1. The molecule has 180 valence electrons. The van der Waals surface area contributed by atoms with Crippen LogP contribution in [0.1, 0.15) is 40.9 Å². The first kappa shape index (κ1) is 24.7. The number of likely N-dealkylation sites (tertiary alicyclic amines) is 1. The summed E-state index contributed by atoms with van der Waals surface area (Å²) in [5.41, 5.74) is 0.352. The molecule has 0 radical (unpaired) electrons. The summed E-state index contributed by atoms with van der Waals surface area (Å²) in [6.45, 7) is 2.70. The molecule has 0 saturated carbocycles. The van der Waals surface area contributed by atoms with E-state index in [2.05, 4.69) is 0 Å². The molecule has 1 unspecified atom stereocenters. The van der Waals surface area contributed by atoms with Gasteiger partial charge in [0, 0.05) is 57.5 Å². The maximum atomic E-state index is 16.1. The van der Waals surface area contributed by atoms with Gasteiger partial charge in [0.1, 0.15) is 11.5 Å². The molecule has 1 amide bonds. The highest BCUT2D eigenvalue weighted by Gasteiger charge is 2.44. The van der Waals surface area contributed by atoms with Gasteiger partial charge in [-0.3, -0.25) is 9.79 Å². The molecular weight excluding hydrogens is 474 g/mol. The molecule has 8 heteroatoms. The van der Waals surface area contributed by atoms with Crippen molar-refractivity contribution in [1.29, 1.82) is 0 Å². The number of allylic oxidation sites excluding steroid dienone is 1. The Balaban J connectivity index is 1.46. The van der Waals surface area contributed by atoms with Crippen LogP contribution in [0, 0.1) is 6.92 Å². The minimum absolute atomic E-state index is 0.158. The largest absolute Gasteiger partial charge is 0.363 e. The Morgan fingerprint density at radius 1 is 1.15 bits per heavy atom. The van der Waals surface area contributed by atoms with E-state index in [1.807, 2.05) is 50.2 Å². The highest BCUT2D eigenvalue weighted by molar-refractivity contribution is 6.42. The molecule has 34 heavy (non-hydrogen) atoms. The fourth-order valence-electron chi connectivity index (χ4n) is 4.65. The predicted molar refractivity (Wildman–Crippen MR) is 137 cm³/mol. The molecule has 1 aromatic carbocycles. The summed E-state index contributed by atoms with van der Waals surface area (Å²) in [7, 11) is 3.91. The van der Waals surface area contributed by atoms with E-state index < -0.39 is 11.2 Å². The monoisotopic (exact) mass is 502 g/mol. The molecule has 1 fully saturated rings. The number of pyridine rings is 1. The normalized spacial score (nSPS) is 21.2. The summed E-state index contributed by atoms with van der Waals surface area (Å²) in [4.78, 5) is 26.0. The minimum atomic E-state index is -1.42. The van der Waals surface area contributed by atoms with Gasteiger partial charge in [-0.15, -0.1) is 0 Å². The molecule has 2 aliphatic heterocycles. The van der Waals surface area contributed by atoms with Gasteiger partial charge in [0.15, 0.2) is 0 Å². The third-order valence-electron chi connectivity index (χ3n) is 6.68. The van der Waals surface area contributed by atoms with E-state index in [1.165, 1.54) is 0 Å². The topological polar surface area (TPSA) is 48.8 Å². The molecule has 3 heterocycles. The molecular formula is C26H29Cl2FN4O. The second-order valence-corrected chi connectivity index (χ2v) is 10.3. The molecule has 5 nitrogen and oxygen atoms in total. The molecule has 0 aliphatic carbocycles. The van der Waals surface area contributed by atoms with Gasteiger partial charge in [-0.2, -0.15) is 0 Å². The average Bonchev–Trinajstić information content (AvgIpc) is 3.24. The molecule has 1 atom stereocenters. The lowest BCUT2D eigenvalue weighted by atomic mass is 9.78. The maximum absolute atomic E-state index is 16.1. The van der Waals surface area contributed by atoms with E-state index in [0.717, 1.165) is 17.1 Å². The molecule has 1 saturated heterocycles. The van der Waals surface area contributed by atoms with Gasteiger partial charge in [-0.1, -0.05) is 35.3 Å². The number of benzene rings is 1. The van der Waals surface area contributed by atoms with Crippen LogP contribution in [0.3, 0.4) is 0 Å². The fourth-order valence-corrected chi connectivity index (χ4v) is 4.95. The van der Waals surface area contributed by atoms with Crippen LogP contribution in [0.15, 0.2) is 47.5 Å². The van der Waals surface area contributed by atoms with E-state index >= 15 is 4.39 Å². The van der Waals surface area contributed by atoms with Crippen LogP contribution in [-0.4, -0.2) is 60.4 Å². The van der Waals surface area contributed by atoms with Crippen LogP contribution < -0.4 is 4.90 Å². The van der Waals surface area contributed by atoms with Crippen molar-refractivity contribution in [3.05, 3.63) is 69.3 Å². The Morgan fingerprint density at radius 3 is 2.50 bits per heavy atom. The van der Waals surface area contributed by atoms with E-state index in [9.17, 15) is 4.79 Å². The van der Waals surface area contributed by atoms with E-state index in [4.69, 9.17) is 33.2 Å². The second-order valence-electron chi connectivity index (χ2n) is 9.49. The SMILES string of the molecule is Cc1ccc(N(C)C)nc1CC1(CC2(F)CCN(C(=O)c3ccc(Cl)c(Cl)c3)CC2)C=CC=N1. The number of amides is 1. The summed E-state index contributed by atoms with van der Waals surface area (Å²) in [6, 6.07) is 8.85. The zero-order chi connectivity index (χ0) is 24.5. The summed E-state index contributed by atoms with van der Waals surface area (Å²) in [5, 5.41) is 0.732. The zero-order valence-electron chi connectivity index (χ0n) is 19.7.